The lowest BCUT2D eigenvalue weighted by Gasteiger charge is -2.13. The quantitative estimate of drug-likeness (QED) is 0.127. The number of carbonyl (C=O) groups excluding carboxylic acids is 1. The molecule has 6 N–H and O–H groups in total. The lowest BCUT2D eigenvalue weighted by atomic mass is 10.1. The number of anilines is 3. The number of hydrogen-bond donors (Lipinski definition) is 3. The fourth-order valence-electron chi connectivity index (χ4n) is 6.03. The number of nitrogens with zero attached hydrogens (tertiary/aromatic N) is 7. The van der Waals surface area contributed by atoms with E-state index in [2.05, 4.69) is 35.7 Å². The summed E-state index contributed by atoms with van der Waals surface area (Å²) in [5.74, 6) is 2.08. The van der Waals surface area contributed by atoms with Crippen molar-refractivity contribution < 1.29 is 18.8 Å². The van der Waals surface area contributed by atoms with Crippen LogP contribution in [0.1, 0.15) is 15.4 Å². The van der Waals surface area contributed by atoms with Crippen molar-refractivity contribution in [1.29, 1.82) is 0 Å². The third-order valence-corrected chi connectivity index (χ3v) is 10.1. The number of amides is 1. The Bertz CT molecular complexity index is 2800. The first kappa shape index (κ1) is 39.5. The fraction of sp³-hybridized carbons (Fsp3) is 0.0909. The van der Waals surface area contributed by atoms with Crippen LogP contribution >= 0.6 is 11.3 Å². The van der Waals surface area contributed by atoms with Crippen LogP contribution in [0.25, 0.3) is 49.5 Å². The summed E-state index contributed by atoms with van der Waals surface area (Å²) in [5, 5.41) is 4.86. The molecule has 14 nitrogen and oxygen atoms in total. The maximum Gasteiger partial charge on any atom is 0.260 e. The molecule has 0 saturated carbocycles. The predicted octanol–water partition coefficient (Wildman–Crippen LogP) is 8.04. The van der Waals surface area contributed by atoms with Gasteiger partial charge < -0.3 is 36.1 Å². The van der Waals surface area contributed by atoms with E-state index >= 15 is 0 Å². The van der Waals surface area contributed by atoms with Gasteiger partial charge in [-0.15, -0.1) is 11.3 Å². The average Bonchev–Trinajstić information content (AvgIpc) is 4.02. The minimum Gasteiger partial charge on any atom is -0.497 e. The van der Waals surface area contributed by atoms with Crippen LogP contribution in [-0.2, 0) is 6.61 Å². The number of methoxy groups -OCH3 is 1. The summed E-state index contributed by atoms with van der Waals surface area (Å²) < 4.78 is 18.1. The molecule has 9 aromatic rings. The van der Waals surface area contributed by atoms with E-state index in [0.29, 0.717) is 22.9 Å². The number of pyridine rings is 1. The van der Waals surface area contributed by atoms with Gasteiger partial charge in [0.05, 0.1) is 40.6 Å². The van der Waals surface area contributed by atoms with Crippen molar-refractivity contribution in [3.63, 3.8) is 0 Å². The molecule has 0 unspecified atom stereocenters. The molecule has 9 rings (SSSR count). The molecule has 0 atom stereocenters. The molecule has 0 spiro atoms. The highest BCUT2D eigenvalue weighted by Gasteiger charge is 2.18. The molecule has 0 saturated heterocycles. The van der Waals surface area contributed by atoms with E-state index in [0.717, 1.165) is 66.6 Å². The molecule has 15 heteroatoms. The summed E-state index contributed by atoms with van der Waals surface area (Å²) in [6.07, 6.45) is 5.19. The first-order valence-corrected chi connectivity index (χ1v) is 19.0. The van der Waals surface area contributed by atoms with Crippen LogP contribution in [0.5, 0.6) is 11.5 Å². The lowest BCUT2D eigenvalue weighted by Crippen LogP contribution is -2.12. The normalized spacial score (nSPS) is 10.6. The van der Waals surface area contributed by atoms with E-state index < -0.39 is 5.91 Å². The van der Waals surface area contributed by atoms with Crippen LogP contribution in [0.2, 0.25) is 0 Å². The number of benzene rings is 4. The van der Waals surface area contributed by atoms with Gasteiger partial charge in [-0.1, -0.05) is 47.6 Å². The van der Waals surface area contributed by atoms with Gasteiger partial charge in [-0.3, -0.25) is 9.36 Å². The van der Waals surface area contributed by atoms with Crippen molar-refractivity contribution in [2.24, 2.45) is 5.73 Å². The van der Waals surface area contributed by atoms with Crippen LogP contribution in [-0.4, -0.2) is 56.8 Å². The summed E-state index contributed by atoms with van der Waals surface area (Å²) in [6, 6.07) is 39.1. The summed E-state index contributed by atoms with van der Waals surface area (Å²) in [5.41, 5.74) is 24.9. The Morgan fingerprint density at radius 1 is 0.797 bits per heavy atom. The van der Waals surface area contributed by atoms with E-state index in [9.17, 15) is 4.79 Å². The van der Waals surface area contributed by atoms with Crippen LogP contribution in [0, 0.1) is 0 Å². The first-order valence-electron chi connectivity index (χ1n) is 18.2. The maximum atomic E-state index is 11.2. The van der Waals surface area contributed by atoms with Crippen LogP contribution in [0.15, 0.2) is 145 Å². The Hall–Kier alpha value is -7.78. The molecule has 1 amide bonds. The number of rotatable bonds is 9. The average molecular weight is 805 g/mol. The van der Waals surface area contributed by atoms with Gasteiger partial charge >= 0.3 is 0 Å². The molecule has 4 aromatic carbocycles. The summed E-state index contributed by atoms with van der Waals surface area (Å²) >= 11 is 1.23. The number of carbonyl (C=O) groups is 1. The number of fused-ring (bicyclic) bond motifs is 2. The van der Waals surface area contributed by atoms with E-state index in [1.54, 1.807) is 19.5 Å². The van der Waals surface area contributed by atoms with E-state index in [-0.39, 0.29) is 5.95 Å². The Kier molecular flexibility index (Phi) is 12.0. The second-order valence-electron chi connectivity index (χ2n) is 13.1. The Labute approximate surface area is 343 Å². The van der Waals surface area contributed by atoms with Crippen LogP contribution in [0.3, 0.4) is 0 Å². The van der Waals surface area contributed by atoms with Gasteiger partial charge in [0.1, 0.15) is 39.8 Å². The Morgan fingerprint density at radius 2 is 1.49 bits per heavy atom. The maximum absolute atomic E-state index is 11.2. The summed E-state index contributed by atoms with van der Waals surface area (Å²) in [4.78, 5) is 31.0. The smallest absolute Gasteiger partial charge is 0.260 e. The largest absolute Gasteiger partial charge is 0.497 e. The number of ether oxygens (including phenoxy) is 2. The second-order valence-corrected chi connectivity index (χ2v) is 14.1. The van der Waals surface area contributed by atoms with Crippen molar-refractivity contribution in [2.75, 3.05) is 37.6 Å². The SMILES string of the molecule is CN(C)c1ccnc2sc(C(N)=O)c(N)c12.COc1ccc(-c2cc(COc3ccccc3)on2)cc1.Nc1nccc(-c2ccc(-n3cnc4ccccc43)cc2)n1. The predicted molar refractivity (Wildman–Crippen MR) is 233 cm³/mol. The van der Waals surface area contributed by atoms with Gasteiger partial charge in [-0.05, 0) is 72.8 Å². The number of thiophene rings is 1. The molecule has 0 aliphatic carbocycles. The zero-order valence-corrected chi connectivity index (χ0v) is 33.2. The third-order valence-electron chi connectivity index (χ3n) is 8.95. The lowest BCUT2D eigenvalue weighted by molar-refractivity contribution is 0.100. The molecule has 0 radical (unpaired) electrons. The van der Waals surface area contributed by atoms with Crippen LogP contribution in [0.4, 0.5) is 17.3 Å². The summed E-state index contributed by atoms with van der Waals surface area (Å²) in [6.45, 7) is 0.354. The number of nitrogens with two attached hydrogens (primary N) is 3. The van der Waals surface area contributed by atoms with E-state index in [4.69, 9.17) is 31.2 Å². The molecule has 0 aliphatic rings. The number of para-hydroxylation sites is 3. The molecule has 0 aliphatic heterocycles. The van der Waals surface area contributed by atoms with Gasteiger partial charge in [-0.25, -0.2) is 19.9 Å². The minimum absolute atomic E-state index is 0.280. The minimum atomic E-state index is -0.509. The highest BCUT2D eigenvalue weighted by molar-refractivity contribution is 7.21. The van der Waals surface area contributed by atoms with Crippen molar-refractivity contribution in [2.45, 2.75) is 6.61 Å². The highest BCUT2D eigenvalue weighted by atomic mass is 32.1. The van der Waals surface area contributed by atoms with Gasteiger partial charge in [0, 0.05) is 49.4 Å². The molecule has 5 aromatic heterocycles. The topological polar surface area (TPSA) is 199 Å². The number of nitrogen functional groups attached to an aromatic ring is 2. The molecule has 5 heterocycles. The van der Waals surface area contributed by atoms with Gasteiger partial charge in [0.15, 0.2) is 5.76 Å². The second kappa shape index (κ2) is 18.0. The van der Waals surface area contributed by atoms with Gasteiger partial charge in [-0.2, -0.15) is 0 Å². The monoisotopic (exact) mass is 804 g/mol. The Morgan fingerprint density at radius 3 is 2.20 bits per heavy atom. The number of imidazole rings is 1. The summed E-state index contributed by atoms with van der Waals surface area (Å²) in [7, 11) is 5.47. The molecular formula is C44H40N10O4S. The first-order chi connectivity index (χ1) is 28.7. The Balaban J connectivity index is 0.000000136. The number of primary amides is 1. The van der Waals surface area contributed by atoms with E-state index in [1.165, 1.54) is 11.3 Å². The molecule has 59 heavy (non-hydrogen) atoms. The highest BCUT2D eigenvalue weighted by Crippen LogP contribution is 2.37. The van der Waals surface area contributed by atoms with Crippen molar-refractivity contribution in [3.8, 4) is 39.7 Å². The number of aromatic nitrogens is 6. The molecule has 0 bridgehead atoms. The zero-order valence-electron chi connectivity index (χ0n) is 32.4. The van der Waals surface area contributed by atoms with Crippen molar-refractivity contribution in [3.05, 3.63) is 151 Å². The molecular weight excluding hydrogens is 765 g/mol. The standard InChI is InChI=1S/C17H13N5.C17H15NO3.C10H12N4OS/c18-17-19-10-9-14(21-17)12-5-7-13(8-6-12)22-11-20-15-3-1-2-4-16(15)22;1-19-14-9-7-13(8-10-14)17-11-16(21-18-17)12-20-15-5-3-2-4-6-15;1-14(2)5-3-4-13-10-6(5)7(11)8(16-10)9(12)15/h1-11H,(H2,18,19,21);2-11H,12H2,1H3;3-4H,11H2,1-2H3,(H2,12,15). The fourth-order valence-corrected chi connectivity index (χ4v) is 6.96. The molecule has 0 fully saturated rings. The van der Waals surface area contributed by atoms with Gasteiger partial charge in [0.2, 0.25) is 5.95 Å². The van der Waals surface area contributed by atoms with Gasteiger partial charge in [0.25, 0.3) is 5.91 Å². The third kappa shape index (κ3) is 9.27. The zero-order chi connectivity index (χ0) is 41.3. The van der Waals surface area contributed by atoms with E-state index in [1.807, 2.05) is 141 Å². The van der Waals surface area contributed by atoms with Crippen LogP contribution < -0.4 is 31.6 Å². The molecule has 296 valence electrons. The van der Waals surface area contributed by atoms with Crippen molar-refractivity contribution in [1.82, 2.24) is 29.7 Å². The number of hydrogen-bond acceptors (Lipinski definition) is 13. The van der Waals surface area contributed by atoms with Crippen molar-refractivity contribution >= 4 is 55.8 Å².